The van der Waals surface area contributed by atoms with E-state index in [-0.39, 0.29) is 6.04 Å². The minimum Gasteiger partial charge on any atom is -0.496 e. The van der Waals surface area contributed by atoms with Crippen LogP contribution in [0.25, 0.3) is 0 Å². The molecule has 0 radical (unpaired) electrons. The Bertz CT molecular complexity index is 358. The normalized spacial score (nSPS) is 13.4. The van der Waals surface area contributed by atoms with E-state index in [9.17, 15) is 0 Å². The third kappa shape index (κ3) is 5.07. The van der Waals surface area contributed by atoms with Crippen molar-refractivity contribution in [3.63, 3.8) is 0 Å². The third-order valence-electron chi connectivity index (χ3n) is 2.83. The van der Waals surface area contributed by atoms with E-state index in [1.54, 1.807) is 7.11 Å². The van der Waals surface area contributed by atoms with Crippen LogP contribution in [-0.4, -0.2) is 20.3 Å². The van der Waals surface area contributed by atoms with Gasteiger partial charge in [0, 0.05) is 12.2 Å². The van der Waals surface area contributed by atoms with Crippen molar-refractivity contribution in [1.82, 2.24) is 0 Å². The van der Waals surface area contributed by atoms with Crippen molar-refractivity contribution in [2.24, 2.45) is 11.1 Å². The lowest BCUT2D eigenvalue weighted by Crippen LogP contribution is -2.19. The van der Waals surface area contributed by atoms with E-state index >= 15 is 0 Å². The summed E-state index contributed by atoms with van der Waals surface area (Å²) in [6, 6.07) is 7.67. The van der Waals surface area contributed by atoms with Crippen LogP contribution in [0.3, 0.4) is 0 Å². The highest BCUT2D eigenvalue weighted by atomic mass is 16.5. The zero-order chi connectivity index (χ0) is 13.6. The van der Waals surface area contributed by atoms with E-state index in [0.717, 1.165) is 24.3 Å². The number of nitrogens with two attached hydrogens (primary N) is 1. The lowest BCUT2D eigenvalue weighted by molar-refractivity contribution is 0.0969. The SMILES string of the molecule is COc1ccccc1C(N)COCCC(C)(C)C. The van der Waals surface area contributed by atoms with Gasteiger partial charge >= 0.3 is 0 Å². The number of para-hydroxylation sites is 1. The molecule has 0 bridgehead atoms. The lowest BCUT2D eigenvalue weighted by atomic mass is 9.93. The smallest absolute Gasteiger partial charge is 0.123 e. The number of methoxy groups -OCH3 is 1. The van der Waals surface area contributed by atoms with E-state index in [1.165, 1.54) is 0 Å². The molecule has 0 spiro atoms. The zero-order valence-corrected chi connectivity index (χ0v) is 11.9. The number of ether oxygens (including phenoxy) is 2. The zero-order valence-electron chi connectivity index (χ0n) is 11.9. The van der Waals surface area contributed by atoms with Crippen molar-refractivity contribution in [2.45, 2.75) is 33.2 Å². The first-order chi connectivity index (χ1) is 8.44. The predicted molar refractivity (Wildman–Crippen MR) is 74.8 cm³/mol. The molecule has 0 aliphatic rings. The first-order valence-corrected chi connectivity index (χ1v) is 6.40. The van der Waals surface area contributed by atoms with Gasteiger partial charge in [-0.05, 0) is 17.9 Å². The quantitative estimate of drug-likeness (QED) is 0.790. The van der Waals surface area contributed by atoms with Gasteiger partial charge in [-0.3, -0.25) is 0 Å². The first-order valence-electron chi connectivity index (χ1n) is 6.40. The molecule has 0 heterocycles. The van der Waals surface area contributed by atoms with E-state index in [1.807, 2.05) is 24.3 Å². The van der Waals surface area contributed by atoms with Crippen molar-refractivity contribution in [3.05, 3.63) is 29.8 Å². The topological polar surface area (TPSA) is 44.5 Å². The summed E-state index contributed by atoms with van der Waals surface area (Å²) in [4.78, 5) is 0. The van der Waals surface area contributed by atoms with E-state index < -0.39 is 0 Å². The molecule has 3 nitrogen and oxygen atoms in total. The molecule has 1 aromatic rings. The Morgan fingerprint density at radius 3 is 2.50 bits per heavy atom. The summed E-state index contributed by atoms with van der Waals surface area (Å²) < 4.78 is 10.9. The molecule has 0 aromatic heterocycles. The summed E-state index contributed by atoms with van der Waals surface area (Å²) >= 11 is 0. The van der Waals surface area contributed by atoms with E-state index in [2.05, 4.69) is 20.8 Å². The van der Waals surface area contributed by atoms with Gasteiger partial charge in [0.05, 0.1) is 19.8 Å². The van der Waals surface area contributed by atoms with Crippen LogP contribution in [0.1, 0.15) is 38.8 Å². The van der Waals surface area contributed by atoms with Crippen LogP contribution >= 0.6 is 0 Å². The van der Waals surface area contributed by atoms with E-state index in [0.29, 0.717) is 12.0 Å². The van der Waals surface area contributed by atoms with Gasteiger partial charge in [-0.1, -0.05) is 39.0 Å². The van der Waals surface area contributed by atoms with Gasteiger partial charge in [0.25, 0.3) is 0 Å². The Morgan fingerprint density at radius 1 is 1.22 bits per heavy atom. The fourth-order valence-electron chi connectivity index (χ4n) is 1.65. The summed E-state index contributed by atoms with van der Waals surface area (Å²) in [6.07, 6.45) is 1.03. The Balaban J connectivity index is 2.43. The van der Waals surface area contributed by atoms with Crippen molar-refractivity contribution in [3.8, 4) is 5.75 Å². The Morgan fingerprint density at radius 2 is 1.89 bits per heavy atom. The first kappa shape index (κ1) is 15.0. The van der Waals surface area contributed by atoms with Crippen molar-refractivity contribution >= 4 is 0 Å². The molecule has 0 aliphatic carbocycles. The van der Waals surface area contributed by atoms with Crippen molar-refractivity contribution < 1.29 is 9.47 Å². The van der Waals surface area contributed by atoms with Crippen LogP contribution < -0.4 is 10.5 Å². The summed E-state index contributed by atoms with van der Waals surface area (Å²) in [5, 5.41) is 0. The maximum Gasteiger partial charge on any atom is 0.123 e. The van der Waals surface area contributed by atoms with Gasteiger partial charge in [-0.15, -0.1) is 0 Å². The second-order valence-electron chi connectivity index (χ2n) is 5.73. The molecule has 102 valence electrons. The minimum absolute atomic E-state index is 0.138. The Kier molecular flexibility index (Phi) is 5.63. The Labute approximate surface area is 110 Å². The second kappa shape index (κ2) is 6.76. The molecule has 0 saturated heterocycles. The highest BCUT2D eigenvalue weighted by molar-refractivity contribution is 5.35. The van der Waals surface area contributed by atoms with Gasteiger partial charge in [0.15, 0.2) is 0 Å². The molecule has 1 rings (SSSR count). The van der Waals surface area contributed by atoms with Gasteiger partial charge in [-0.2, -0.15) is 0 Å². The monoisotopic (exact) mass is 251 g/mol. The van der Waals surface area contributed by atoms with Crippen LogP contribution in [0.15, 0.2) is 24.3 Å². The van der Waals surface area contributed by atoms with Crippen molar-refractivity contribution in [1.29, 1.82) is 0 Å². The molecule has 0 amide bonds. The minimum atomic E-state index is -0.138. The average molecular weight is 251 g/mol. The third-order valence-corrected chi connectivity index (χ3v) is 2.83. The Hall–Kier alpha value is -1.06. The molecule has 0 saturated carbocycles. The molecular weight excluding hydrogens is 226 g/mol. The lowest BCUT2D eigenvalue weighted by Gasteiger charge is -2.19. The number of hydrogen-bond donors (Lipinski definition) is 1. The van der Waals surface area contributed by atoms with Crippen LogP contribution in [0, 0.1) is 5.41 Å². The standard InChI is InChI=1S/C15H25NO2/c1-15(2,3)9-10-18-11-13(16)12-7-5-6-8-14(12)17-4/h5-8,13H,9-11,16H2,1-4H3. The van der Waals surface area contributed by atoms with Gasteiger partial charge < -0.3 is 15.2 Å². The highest BCUT2D eigenvalue weighted by Gasteiger charge is 2.13. The molecule has 18 heavy (non-hydrogen) atoms. The van der Waals surface area contributed by atoms with Crippen LogP contribution in [0.2, 0.25) is 0 Å². The fraction of sp³-hybridized carbons (Fsp3) is 0.600. The number of hydrogen-bond acceptors (Lipinski definition) is 3. The van der Waals surface area contributed by atoms with Crippen LogP contribution in [0.4, 0.5) is 0 Å². The molecule has 1 atom stereocenters. The summed E-state index contributed by atoms with van der Waals surface area (Å²) in [6.45, 7) is 7.88. The fourth-order valence-corrected chi connectivity index (χ4v) is 1.65. The molecular formula is C15H25NO2. The number of rotatable bonds is 6. The molecule has 0 fully saturated rings. The van der Waals surface area contributed by atoms with Gasteiger partial charge in [0.1, 0.15) is 5.75 Å². The highest BCUT2D eigenvalue weighted by Crippen LogP contribution is 2.24. The largest absolute Gasteiger partial charge is 0.496 e. The second-order valence-corrected chi connectivity index (χ2v) is 5.73. The van der Waals surface area contributed by atoms with Crippen LogP contribution in [0.5, 0.6) is 5.75 Å². The molecule has 2 N–H and O–H groups in total. The number of benzene rings is 1. The summed E-state index contributed by atoms with van der Waals surface area (Å²) in [5.41, 5.74) is 7.41. The van der Waals surface area contributed by atoms with Crippen molar-refractivity contribution in [2.75, 3.05) is 20.3 Å². The average Bonchev–Trinajstić information content (AvgIpc) is 2.33. The summed E-state index contributed by atoms with van der Waals surface area (Å²) in [7, 11) is 1.66. The maximum atomic E-state index is 6.12. The van der Waals surface area contributed by atoms with Crippen LogP contribution in [-0.2, 0) is 4.74 Å². The van der Waals surface area contributed by atoms with Gasteiger partial charge in [0.2, 0.25) is 0 Å². The molecule has 1 aromatic carbocycles. The summed E-state index contributed by atoms with van der Waals surface area (Å²) in [5.74, 6) is 0.824. The molecule has 0 aliphatic heterocycles. The molecule has 1 unspecified atom stereocenters. The van der Waals surface area contributed by atoms with Gasteiger partial charge in [-0.25, -0.2) is 0 Å². The molecule has 3 heteroatoms. The predicted octanol–water partition coefficient (Wildman–Crippen LogP) is 3.15. The maximum absolute atomic E-state index is 6.12. The van der Waals surface area contributed by atoms with E-state index in [4.69, 9.17) is 15.2 Å².